The van der Waals surface area contributed by atoms with E-state index in [9.17, 15) is 23.6 Å². The number of hydrogen-bond donors (Lipinski definition) is 2. The Labute approximate surface area is 179 Å². The molecule has 8 nitrogen and oxygen atoms in total. The summed E-state index contributed by atoms with van der Waals surface area (Å²) in [7, 11) is 1.60. The quantitative estimate of drug-likeness (QED) is 0.689. The summed E-state index contributed by atoms with van der Waals surface area (Å²) >= 11 is 0. The van der Waals surface area contributed by atoms with Crippen LogP contribution in [0.2, 0.25) is 0 Å². The van der Waals surface area contributed by atoms with Crippen molar-refractivity contribution in [3.8, 4) is 0 Å². The van der Waals surface area contributed by atoms with Gasteiger partial charge in [0.25, 0.3) is 11.5 Å². The van der Waals surface area contributed by atoms with Crippen molar-refractivity contribution in [2.75, 3.05) is 19.6 Å². The average molecular weight is 428 g/mol. The first-order valence-corrected chi connectivity index (χ1v) is 10.1. The lowest BCUT2D eigenvalue weighted by atomic mass is 9.96. The van der Waals surface area contributed by atoms with Crippen molar-refractivity contribution in [2.45, 2.75) is 19.4 Å². The number of piperidine rings is 1. The average Bonchev–Trinajstić information content (AvgIpc) is 2.78. The Bertz CT molecular complexity index is 1010. The van der Waals surface area contributed by atoms with Crippen LogP contribution in [0, 0.1) is 11.7 Å². The molecule has 1 aliphatic rings. The van der Waals surface area contributed by atoms with Crippen LogP contribution in [0.5, 0.6) is 0 Å². The Balaban J connectivity index is 1.41. The zero-order valence-electron chi connectivity index (χ0n) is 17.3. The summed E-state index contributed by atoms with van der Waals surface area (Å²) in [5.74, 6) is -2.00. The number of hydrogen-bond acceptors (Lipinski definition) is 4. The van der Waals surface area contributed by atoms with Gasteiger partial charge < -0.3 is 20.1 Å². The maximum atomic E-state index is 12.9. The van der Waals surface area contributed by atoms with Crippen molar-refractivity contribution >= 4 is 17.7 Å². The highest BCUT2D eigenvalue weighted by molar-refractivity contribution is 6.35. The number of nitrogens with one attached hydrogen (secondary N) is 2. The van der Waals surface area contributed by atoms with Gasteiger partial charge in [-0.05, 0) is 48.6 Å². The number of aromatic nitrogens is 1. The minimum absolute atomic E-state index is 0.131. The number of benzene rings is 1. The minimum Gasteiger partial charge on any atom is -0.348 e. The third kappa shape index (κ3) is 5.78. The molecule has 2 aromatic rings. The van der Waals surface area contributed by atoms with Crippen LogP contribution in [-0.4, -0.2) is 46.8 Å². The van der Waals surface area contributed by atoms with Gasteiger partial charge in [-0.25, -0.2) is 4.39 Å². The second kappa shape index (κ2) is 10.0. The van der Waals surface area contributed by atoms with E-state index in [0.717, 1.165) is 0 Å². The van der Waals surface area contributed by atoms with Gasteiger partial charge in [-0.1, -0.05) is 12.1 Å². The molecule has 1 aliphatic heterocycles. The van der Waals surface area contributed by atoms with Gasteiger partial charge >= 0.3 is 11.8 Å². The van der Waals surface area contributed by atoms with E-state index < -0.39 is 11.8 Å². The monoisotopic (exact) mass is 428 g/mol. The first kappa shape index (κ1) is 22.2. The normalized spacial score (nSPS) is 14.2. The fourth-order valence-corrected chi connectivity index (χ4v) is 3.45. The van der Waals surface area contributed by atoms with Gasteiger partial charge in [-0.15, -0.1) is 0 Å². The van der Waals surface area contributed by atoms with Crippen LogP contribution < -0.4 is 16.2 Å². The molecule has 3 rings (SSSR count). The van der Waals surface area contributed by atoms with Crippen molar-refractivity contribution in [1.29, 1.82) is 0 Å². The lowest BCUT2D eigenvalue weighted by molar-refractivity contribution is -0.139. The smallest absolute Gasteiger partial charge is 0.309 e. The van der Waals surface area contributed by atoms with E-state index in [0.29, 0.717) is 38.0 Å². The standard InChI is InChI=1S/C22H25FN4O4/c1-26-10-2-3-18(21(26)30)22(31)27-11-8-16(9-12-27)14-25-20(29)19(28)24-13-15-4-6-17(23)7-5-15/h2-7,10,16H,8-9,11-14H2,1H3,(H,24,28)(H,25,29). The topological polar surface area (TPSA) is 101 Å². The molecule has 0 atom stereocenters. The van der Waals surface area contributed by atoms with Crippen molar-refractivity contribution in [3.63, 3.8) is 0 Å². The molecule has 0 bridgehead atoms. The molecule has 164 valence electrons. The summed E-state index contributed by atoms with van der Waals surface area (Å²) in [4.78, 5) is 50.3. The molecule has 9 heteroatoms. The van der Waals surface area contributed by atoms with Crippen molar-refractivity contribution in [2.24, 2.45) is 13.0 Å². The summed E-state index contributed by atoms with van der Waals surface area (Å²) in [6.07, 6.45) is 2.93. The fraction of sp³-hybridized carbons (Fsp3) is 0.364. The molecule has 0 aliphatic carbocycles. The summed E-state index contributed by atoms with van der Waals surface area (Å²) in [6, 6.07) is 8.84. The highest BCUT2D eigenvalue weighted by Crippen LogP contribution is 2.17. The molecule has 3 amide bonds. The Hall–Kier alpha value is -3.49. The SMILES string of the molecule is Cn1cccc(C(=O)N2CCC(CNC(=O)C(=O)NCc3ccc(F)cc3)CC2)c1=O. The Morgan fingerprint density at radius 3 is 2.35 bits per heavy atom. The van der Waals surface area contributed by atoms with Crippen LogP contribution in [0.25, 0.3) is 0 Å². The van der Waals surface area contributed by atoms with Crippen LogP contribution in [0.1, 0.15) is 28.8 Å². The summed E-state index contributed by atoms with van der Waals surface area (Å²) in [6.45, 7) is 1.42. The molecule has 0 unspecified atom stereocenters. The number of rotatable bonds is 5. The fourth-order valence-electron chi connectivity index (χ4n) is 3.45. The van der Waals surface area contributed by atoms with E-state index in [1.54, 1.807) is 24.2 Å². The van der Waals surface area contributed by atoms with E-state index in [1.807, 2.05) is 0 Å². The lowest BCUT2D eigenvalue weighted by Gasteiger charge is -2.32. The summed E-state index contributed by atoms with van der Waals surface area (Å²) in [5.41, 5.74) is 0.510. The number of nitrogens with zero attached hydrogens (tertiary/aromatic N) is 2. The maximum absolute atomic E-state index is 12.9. The third-order valence-corrected chi connectivity index (χ3v) is 5.38. The van der Waals surface area contributed by atoms with Gasteiger partial charge in [0, 0.05) is 39.4 Å². The van der Waals surface area contributed by atoms with Crippen molar-refractivity contribution < 1.29 is 18.8 Å². The van der Waals surface area contributed by atoms with Gasteiger partial charge in [-0.3, -0.25) is 19.2 Å². The Morgan fingerprint density at radius 2 is 1.68 bits per heavy atom. The Morgan fingerprint density at radius 1 is 1.03 bits per heavy atom. The number of carbonyl (C=O) groups is 3. The highest BCUT2D eigenvalue weighted by atomic mass is 19.1. The van der Waals surface area contributed by atoms with Gasteiger partial charge in [0.05, 0.1) is 0 Å². The predicted octanol–water partition coefficient (Wildman–Crippen LogP) is 0.809. The van der Waals surface area contributed by atoms with Gasteiger partial charge in [0.1, 0.15) is 11.4 Å². The van der Waals surface area contributed by atoms with Crippen LogP contribution >= 0.6 is 0 Å². The molecular weight excluding hydrogens is 403 g/mol. The molecule has 1 aromatic heterocycles. The summed E-state index contributed by atoms with van der Waals surface area (Å²) in [5, 5.41) is 5.12. The molecule has 0 radical (unpaired) electrons. The summed E-state index contributed by atoms with van der Waals surface area (Å²) < 4.78 is 14.3. The second-order valence-electron chi connectivity index (χ2n) is 7.59. The van der Waals surface area contributed by atoms with Crippen LogP contribution in [0.3, 0.4) is 0 Å². The minimum atomic E-state index is -0.753. The molecule has 0 saturated carbocycles. The largest absolute Gasteiger partial charge is 0.348 e. The maximum Gasteiger partial charge on any atom is 0.309 e. The number of aryl methyl sites for hydroxylation is 1. The first-order valence-electron chi connectivity index (χ1n) is 10.1. The predicted molar refractivity (Wildman–Crippen MR) is 112 cm³/mol. The van der Waals surface area contributed by atoms with E-state index in [1.165, 1.54) is 34.9 Å². The number of halogens is 1. The number of pyridine rings is 1. The zero-order chi connectivity index (χ0) is 22.4. The lowest BCUT2D eigenvalue weighted by Crippen LogP contribution is -2.45. The van der Waals surface area contributed by atoms with Gasteiger partial charge in [-0.2, -0.15) is 0 Å². The molecule has 0 spiro atoms. The zero-order valence-corrected chi connectivity index (χ0v) is 17.3. The molecule has 2 N–H and O–H groups in total. The van der Waals surface area contributed by atoms with Crippen LogP contribution in [0.15, 0.2) is 47.4 Å². The Kier molecular flexibility index (Phi) is 7.17. The highest BCUT2D eigenvalue weighted by Gasteiger charge is 2.26. The molecule has 1 saturated heterocycles. The van der Waals surface area contributed by atoms with Gasteiger partial charge in [0.15, 0.2) is 0 Å². The molecule has 2 heterocycles. The molecule has 1 fully saturated rings. The first-order chi connectivity index (χ1) is 14.8. The van der Waals surface area contributed by atoms with Crippen LogP contribution in [-0.2, 0) is 23.2 Å². The van der Waals surface area contributed by atoms with E-state index in [-0.39, 0.29) is 35.3 Å². The third-order valence-electron chi connectivity index (χ3n) is 5.38. The molecular formula is C22H25FN4O4. The molecule has 1 aromatic carbocycles. The van der Waals surface area contributed by atoms with Gasteiger partial charge in [0.2, 0.25) is 0 Å². The van der Waals surface area contributed by atoms with Crippen LogP contribution in [0.4, 0.5) is 4.39 Å². The number of amides is 3. The number of carbonyl (C=O) groups excluding carboxylic acids is 3. The van der Waals surface area contributed by atoms with Crippen molar-refractivity contribution in [1.82, 2.24) is 20.1 Å². The van der Waals surface area contributed by atoms with Crippen molar-refractivity contribution in [3.05, 3.63) is 69.9 Å². The van der Waals surface area contributed by atoms with E-state index >= 15 is 0 Å². The van der Waals surface area contributed by atoms with E-state index in [4.69, 9.17) is 0 Å². The number of likely N-dealkylation sites (tertiary alicyclic amines) is 1. The second-order valence-corrected chi connectivity index (χ2v) is 7.59. The van der Waals surface area contributed by atoms with E-state index in [2.05, 4.69) is 10.6 Å². The molecule has 31 heavy (non-hydrogen) atoms.